The number of benzene rings is 1. The average Bonchev–Trinajstić information content (AvgIpc) is 2.66. The molecular weight excluding hydrogens is 340 g/mol. The van der Waals surface area contributed by atoms with Crippen molar-refractivity contribution in [2.45, 2.75) is 32.1 Å². The second kappa shape index (κ2) is 10.3. The van der Waals surface area contributed by atoms with Gasteiger partial charge in [0.05, 0.1) is 40.5 Å². The maximum absolute atomic E-state index is 11.5. The standard InChI is InChI=1S/C14H16O4.C5H12O3/c1-17-13-4-3-9(7-14(13)18-2)10-5-11(15)8-12(16)6-10;1-5(2-6,3-7)4-8/h3-4,7,10H,5-6,8H2,1-2H3;6-8H,2-4H2,1H3. The van der Waals surface area contributed by atoms with Crippen LogP contribution in [0.5, 0.6) is 11.5 Å². The lowest BCUT2D eigenvalue weighted by molar-refractivity contribution is -0.130. The van der Waals surface area contributed by atoms with E-state index in [1.165, 1.54) is 0 Å². The van der Waals surface area contributed by atoms with E-state index in [9.17, 15) is 9.59 Å². The van der Waals surface area contributed by atoms with E-state index in [1.807, 2.05) is 12.1 Å². The molecule has 1 aromatic rings. The molecule has 0 saturated heterocycles. The zero-order chi connectivity index (χ0) is 19.7. The van der Waals surface area contributed by atoms with Gasteiger partial charge in [0.25, 0.3) is 0 Å². The monoisotopic (exact) mass is 368 g/mol. The minimum absolute atomic E-state index is 0.0195. The number of rotatable bonds is 6. The molecule has 0 aromatic heterocycles. The van der Waals surface area contributed by atoms with Gasteiger partial charge in [0, 0.05) is 18.3 Å². The molecule has 146 valence electrons. The van der Waals surface area contributed by atoms with Gasteiger partial charge in [0.15, 0.2) is 11.5 Å². The third-order valence-electron chi connectivity index (χ3n) is 4.37. The van der Waals surface area contributed by atoms with Crippen LogP contribution in [0, 0.1) is 5.41 Å². The van der Waals surface area contributed by atoms with Crippen molar-refractivity contribution < 1.29 is 34.4 Å². The lowest BCUT2D eigenvalue weighted by Crippen LogP contribution is -2.29. The number of methoxy groups -OCH3 is 2. The zero-order valence-electron chi connectivity index (χ0n) is 15.5. The van der Waals surface area contributed by atoms with E-state index in [0.29, 0.717) is 24.3 Å². The molecule has 1 fully saturated rings. The molecule has 0 atom stereocenters. The van der Waals surface area contributed by atoms with Crippen LogP contribution >= 0.6 is 0 Å². The maximum Gasteiger partial charge on any atom is 0.160 e. The van der Waals surface area contributed by atoms with E-state index in [4.69, 9.17) is 24.8 Å². The summed E-state index contributed by atoms with van der Waals surface area (Å²) < 4.78 is 10.4. The van der Waals surface area contributed by atoms with Crippen molar-refractivity contribution in [3.8, 4) is 11.5 Å². The summed E-state index contributed by atoms with van der Waals surface area (Å²) in [7, 11) is 3.14. The van der Waals surface area contributed by atoms with Gasteiger partial charge in [-0.15, -0.1) is 0 Å². The summed E-state index contributed by atoms with van der Waals surface area (Å²) in [6.45, 7) is 1.06. The van der Waals surface area contributed by atoms with Crippen LogP contribution in [0.15, 0.2) is 18.2 Å². The van der Waals surface area contributed by atoms with Crippen molar-refractivity contribution in [3.05, 3.63) is 23.8 Å². The van der Waals surface area contributed by atoms with Gasteiger partial charge in [-0.2, -0.15) is 0 Å². The molecule has 1 aromatic carbocycles. The number of hydrogen-bond acceptors (Lipinski definition) is 7. The summed E-state index contributed by atoms with van der Waals surface area (Å²) in [6, 6.07) is 5.53. The fourth-order valence-electron chi connectivity index (χ4n) is 2.48. The molecule has 0 unspecified atom stereocenters. The Bertz CT molecular complexity index is 584. The number of ketones is 2. The Kier molecular flexibility index (Phi) is 8.71. The van der Waals surface area contributed by atoms with Gasteiger partial charge in [-0.25, -0.2) is 0 Å². The molecule has 1 aliphatic carbocycles. The molecule has 7 nitrogen and oxygen atoms in total. The summed E-state index contributed by atoms with van der Waals surface area (Å²) in [5, 5.41) is 25.4. The van der Waals surface area contributed by atoms with Gasteiger partial charge in [-0.05, 0) is 23.6 Å². The average molecular weight is 368 g/mol. The molecule has 0 amide bonds. The lowest BCUT2D eigenvalue weighted by Gasteiger charge is -2.21. The van der Waals surface area contributed by atoms with E-state index >= 15 is 0 Å². The normalized spacial score (nSPS) is 15.3. The van der Waals surface area contributed by atoms with Crippen LogP contribution in [0.4, 0.5) is 0 Å². The summed E-state index contributed by atoms with van der Waals surface area (Å²) in [5.41, 5.74) is 0.244. The molecule has 0 spiro atoms. The Morgan fingerprint density at radius 2 is 1.46 bits per heavy atom. The predicted molar refractivity (Wildman–Crippen MR) is 95.5 cm³/mol. The van der Waals surface area contributed by atoms with Crippen molar-refractivity contribution in [2.75, 3.05) is 34.0 Å². The highest BCUT2D eigenvalue weighted by Gasteiger charge is 2.27. The quantitative estimate of drug-likeness (QED) is 0.644. The number of ether oxygens (including phenoxy) is 2. The highest BCUT2D eigenvalue weighted by Crippen LogP contribution is 2.35. The molecule has 1 saturated carbocycles. The third-order valence-corrected chi connectivity index (χ3v) is 4.37. The van der Waals surface area contributed by atoms with E-state index in [2.05, 4.69) is 0 Å². The summed E-state index contributed by atoms with van der Waals surface area (Å²) in [5.74, 6) is 1.28. The minimum Gasteiger partial charge on any atom is -0.493 e. The highest BCUT2D eigenvalue weighted by molar-refractivity contribution is 6.02. The van der Waals surface area contributed by atoms with Crippen LogP contribution in [-0.4, -0.2) is 60.9 Å². The molecule has 0 bridgehead atoms. The van der Waals surface area contributed by atoms with Crippen LogP contribution in [0.3, 0.4) is 0 Å². The Morgan fingerprint density at radius 3 is 1.85 bits per heavy atom. The first-order valence-electron chi connectivity index (χ1n) is 8.40. The Hall–Kier alpha value is -1.96. The van der Waals surface area contributed by atoms with Crippen LogP contribution in [-0.2, 0) is 9.59 Å². The van der Waals surface area contributed by atoms with E-state index in [1.54, 1.807) is 27.2 Å². The molecule has 0 radical (unpaired) electrons. The molecule has 0 aliphatic heterocycles. The minimum atomic E-state index is -0.708. The van der Waals surface area contributed by atoms with Crippen LogP contribution in [0.1, 0.15) is 37.7 Å². The first-order chi connectivity index (χ1) is 12.3. The van der Waals surface area contributed by atoms with Gasteiger partial charge >= 0.3 is 0 Å². The van der Waals surface area contributed by atoms with Crippen molar-refractivity contribution in [2.24, 2.45) is 5.41 Å². The number of Topliss-reactive ketones (excluding diaryl/α,β-unsaturated/α-hetero) is 2. The van der Waals surface area contributed by atoms with Gasteiger partial charge in [0.2, 0.25) is 0 Å². The molecular formula is C19H28O7. The Balaban J connectivity index is 0.000000359. The third kappa shape index (κ3) is 6.09. The molecule has 0 heterocycles. The number of aliphatic hydroxyl groups is 3. The number of hydrogen-bond donors (Lipinski definition) is 3. The molecule has 3 N–H and O–H groups in total. The zero-order valence-corrected chi connectivity index (χ0v) is 15.5. The van der Waals surface area contributed by atoms with Crippen molar-refractivity contribution in [1.29, 1.82) is 0 Å². The molecule has 26 heavy (non-hydrogen) atoms. The summed E-state index contributed by atoms with van der Waals surface area (Å²) >= 11 is 0. The SMILES string of the molecule is CC(CO)(CO)CO.COc1ccc(C2CC(=O)CC(=O)C2)cc1OC. The number of aliphatic hydroxyl groups excluding tert-OH is 3. The fraction of sp³-hybridized carbons (Fsp3) is 0.579. The van der Waals surface area contributed by atoms with Gasteiger partial charge in [0.1, 0.15) is 11.6 Å². The first kappa shape index (κ1) is 22.1. The van der Waals surface area contributed by atoms with Gasteiger partial charge in [-0.3, -0.25) is 9.59 Å². The first-order valence-corrected chi connectivity index (χ1v) is 8.40. The van der Waals surface area contributed by atoms with Crippen molar-refractivity contribution >= 4 is 11.6 Å². The summed E-state index contributed by atoms with van der Waals surface area (Å²) in [6.07, 6.45) is 0.951. The molecule has 7 heteroatoms. The second-order valence-electron chi connectivity index (χ2n) is 6.76. The maximum atomic E-state index is 11.5. The highest BCUT2D eigenvalue weighted by atomic mass is 16.5. The molecule has 2 rings (SSSR count). The second-order valence-corrected chi connectivity index (χ2v) is 6.76. The van der Waals surface area contributed by atoms with Gasteiger partial charge in [-0.1, -0.05) is 13.0 Å². The Labute approximate surface area is 153 Å². The van der Waals surface area contributed by atoms with Gasteiger partial charge < -0.3 is 24.8 Å². The number of carbonyl (C=O) groups excluding carboxylic acids is 2. The number of carbonyl (C=O) groups is 2. The van der Waals surface area contributed by atoms with Crippen LogP contribution in [0.2, 0.25) is 0 Å². The molecule has 1 aliphatic rings. The smallest absolute Gasteiger partial charge is 0.160 e. The fourth-order valence-corrected chi connectivity index (χ4v) is 2.48. The Morgan fingerprint density at radius 1 is 0.962 bits per heavy atom. The summed E-state index contributed by atoms with van der Waals surface area (Å²) in [4.78, 5) is 22.9. The predicted octanol–water partition coefficient (Wildman–Crippen LogP) is 1.08. The van der Waals surface area contributed by atoms with Crippen molar-refractivity contribution in [1.82, 2.24) is 0 Å². The van der Waals surface area contributed by atoms with Crippen LogP contribution in [0.25, 0.3) is 0 Å². The van der Waals surface area contributed by atoms with E-state index < -0.39 is 5.41 Å². The van der Waals surface area contributed by atoms with E-state index in [0.717, 1.165) is 5.56 Å². The van der Waals surface area contributed by atoms with Crippen LogP contribution < -0.4 is 9.47 Å². The lowest BCUT2D eigenvalue weighted by atomic mass is 9.82. The topological polar surface area (TPSA) is 113 Å². The van der Waals surface area contributed by atoms with Crippen molar-refractivity contribution in [3.63, 3.8) is 0 Å². The van der Waals surface area contributed by atoms with E-state index in [-0.39, 0.29) is 43.7 Å². The largest absolute Gasteiger partial charge is 0.493 e.